The first-order valence-electron chi connectivity index (χ1n) is 19.7. The van der Waals surface area contributed by atoms with Crippen LogP contribution in [-0.2, 0) is 0 Å². The Balaban J connectivity index is 1.34. The largest absolute Gasteiger partial charge is 0.278 e. The number of pyridine rings is 1. The molecule has 4 nitrogen and oxygen atoms in total. The van der Waals surface area contributed by atoms with E-state index in [1.165, 1.54) is 33.4 Å². The Morgan fingerprint density at radius 2 is 0.690 bits per heavy atom. The minimum Gasteiger partial charge on any atom is -0.278 e. The molecule has 0 N–H and O–H groups in total. The van der Waals surface area contributed by atoms with Gasteiger partial charge in [0.2, 0.25) is 5.78 Å². The van der Waals surface area contributed by atoms with E-state index in [4.69, 9.17) is 4.98 Å². The van der Waals surface area contributed by atoms with E-state index in [1.54, 1.807) is 0 Å². The Bertz CT molecular complexity index is 3140. The smallest absolute Gasteiger partial charge is 0.222 e. The van der Waals surface area contributed by atoms with Crippen molar-refractivity contribution in [1.82, 2.24) is 18.9 Å². The standard InChI is InChI=1S/C54H36N4/c1-6-20-37(21-7-1)47-48(38-22-8-2-9-23-38)50(40-26-12-4-13-27-40)52(51(41-28-14-5-15-29-41)49(47)39-24-10-3-11-25-39)42-30-18-31-43(36-42)57-44-32-16-17-33-45(44)58-46-34-19-35-55-53(46)56-54(57)58/h1-36H. The lowest BCUT2D eigenvalue weighted by Crippen LogP contribution is -2.02. The van der Waals surface area contributed by atoms with Gasteiger partial charge in [-0.15, -0.1) is 0 Å². The van der Waals surface area contributed by atoms with E-state index in [0.717, 1.165) is 67.0 Å². The van der Waals surface area contributed by atoms with Crippen molar-refractivity contribution in [2.75, 3.05) is 0 Å². The lowest BCUT2D eigenvalue weighted by Gasteiger charge is -2.29. The summed E-state index contributed by atoms with van der Waals surface area (Å²) in [4.78, 5) is 9.78. The van der Waals surface area contributed by atoms with Crippen LogP contribution in [0.15, 0.2) is 219 Å². The quantitative estimate of drug-likeness (QED) is 0.163. The Kier molecular flexibility index (Phi) is 8.11. The van der Waals surface area contributed by atoms with E-state index in [9.17, 15) is 0 Å². The molecule has 0 unspecified atom stereocenters. The zero-order chi connectivity index (χ0) is 38.4. The number of imidazole rings is 2. The summed E-state index contributed by atoms with van der Waals surface area (Å²) in [6, 6.07) is 76.2. The summed E-state index contributed by atoms with van der Waals surface area (Å²) in [5.74, 6) is 0.827. The summed E-state index contributed by atoms with van der Waals surface area (Å²) in [5, 5.41) is 0. The molecular formula is C54H36N4. The maximum Gasteiger partial charge on any atom is 0.222 e. The van der Waals surface area contributed by atoms with Crippen LogP contribution >= 0.6 is 0 Å². The molecule has 0 aliphatic rings. The van der Waals surface area contributed by atoms with Gasteiger partial charge in [-0.05, 0) is 103 Å². The SMILES string of the molecule is c1ccc(-c2c(-c3ccccc3)c(-c3ccccc3)c(-c3cccc(-n4c5ccccc5n5c6cccnc6nc45)c3)c(-c3ccccc3)c2-c2ccccc2)cc1. The zero-order valence-electron chi connectivity index (χ0n) is 31.6. The maximum atomic E-state index is 5.13. The van der Waals surface area contributed by atoms with Crippen LogP contribution in [-0.4, -0.2) is 18.9 Å². The highest BCUT2D eigenvalue weighted by Gasteiger charge is 2.29. The topological polar surface area (TPSA) is 35.1 Å². The highest BCUT2D eigenvalue weighted by molar-refractivity contribution is 6.15. The molecule has 272 valence electrons. The number of hydrogen-bond donors (Lipinski definition) is 0. The second-order valence-electron chi connectivity index (χ2n) is 14.5. The summed E-state index contributed by atoms with van der Waals surface area (Å²) in [7, 11) is 0. The van der Waals surface area contributed by atoms with Gasteiger partial charge in [0.1, 0.15) is 0 Å². The number of rotatable bonds is 7. The number of aromatic nitrogens is 4. The van der Waals surface area contributed by atoms with Crippen molar-refractivity contribution < 1.29 is 0 Å². The Morgan fingerprint density at radius 3 is 1.16 bits per heavy atom. The molecule has 0 aliphatic carbocycles. The number of para-hydroxylation sites is 2. The van der Waals surface area contributed by atoms with Crippen LogP contribution in [0.3, 0.4) is 0 Å². The second-order valence-corrected chi connectivity index (χ2v) is 14.5. The van der Waals surface area contributed by atoms with Crippen LogP contribution in [0.1, 0.15) is 0 Å². The fourth-order valence-corrected chi connectivity index (χ4v) is 8.80. The Morgan fingerprint density at radius 1 is 0.310 bits per heavy atom. The molecule has 11 rings (SSSR count). The first-order chi connectivity index (χ1) is 28.8. The Labute approximate surface area is 336 Å². The molecular weight excluding hydrogens is 705 g/mol. The molecule has 3 aromatic heterocycles. The van der Waals surface area contributed by atoms with Gasteiger partial charge < -0.3 is 0 Å². The summed E-state index contributed by atoms with van der Waals surface area (Å²) >= 11 is 0. The molecule has 0 saturated heterocycles. The molecule has 0 saturated carbocycles. The normalized spacial score (nSPS) is 11.4. The summed E-state index contributed by atoms with van der Waals surface area (Å²) in [6.45, 7) is 0. The molecule has 0 amide bonds. The van der Waals surface area contributed by atoms with Gasteiger partial charge in [-0.2, -0.15) is 4.98 Å². The van der Waals surface area contributed by atoms with Crippen LogP contribution in [0.25, 0.3) is 100 Å². The van der Waals surface area contributed by atoms with Crippen molar-refractivity contribution in [2.45, 2.75) is 0 Å². The van der Waals surface area contributed by atoms with Gasteiger partial charge in [-0.25, -0.2) is 4.98 Å². The molecule has 0 radical (unpaired) electrons. The van der Waals surface area contributed by atoms with Gasteiger partial charge in [-0.1, -0.05) is 176 Å². The van der Waals surface area contributed by atoms with Gasteiger partial charge in [0, 0.05) is 11.9 Å². The molecule has 0 bridgehead atoms. The average Bonchev–Trinajstić information content (AvgIpc) is 3.84. The van der Waals surface area contributed by atoms with Gasteiger partial charge in [0.15, 0.2) is 5.65 Å². The molecule has 11 aromatic rings. The van der Waals surface area contributed by atoms with E-state index in [1.807, 2.05) is 12.3 Å². The van der Waals surface area contributed by atoms with Crippen LogP contribution in [0.5, 0.6) is 0 Å². The van der Waals surface area contributed by atoms with Crippen LogP contribution in [0, 0.1) is 0 Å². The maximum absolute atomic E-state index is 5.13. The molecule has 0 fully saturated rings. The summed E-state index contributed by atoms with van der Waals surface area (Å²) in [6.07, 6.45) is 1.81. The van der Waals surface area contributed by atoms with Crippen LogP contribution < -0.4 is 0 Å². The van der Waals surface area contributed by atoms with Gasteiger partial charge in [0.05, 0.1) is 16.6 Å². The van der Waals surface area contributed by atoms with Gasteiger partial charge in [-0.3, -0.25) is 8.97 Å². The third-order valence-corrected chi connectivity index (χ3v) is 11.2. The summed E-state index contributed by atoms with van der Waals surface area (Å²) in [5.41, 5.74) is 18.9. The van der Waals surface area contributed by atoms with Crippen molar-refractivity contribution in [1.29, 1.82) is 0 Å². The number of benzene rings is 8. The molecule has 4 heteroatoms. The van der Waals surface area contributed by atoms with Crippen molar-refractivity contribution in [2.24, 2.45) is 0 Å². The van der Waals surface area contributed by atoms with Gasteiger partial charge in [0.25, 0.3) is 0 Å². The Hall–Kier alpha value is -7.82. The molecule has 0 aliphatic heterocycles. The minimum atomic E-state index is 0.724. The van der Waals surface area contributed by atoms with Gasteiger partial charge >= 0.3 is 0 Å². The third-order valence-electron chi connectivity index (χ3n) is 11.2. The molecule has 0 atom stereocenters. The van der Waals surface area contributed by atoms with Crippen molar-refractivity contribution >= 4 is 28.0 Å². The monoisotopic (exact) mass is 740 g/mol. The fourth-order valence-electron chi connectivity index (χ4n) is 8.80. The molecule has 8 aromatic carbocycles. The number of fused-ring (bicyclic) bond motifs is 5. The predicted molar refractivity (Wildman–Crippen MR) is 240 cm³/mol. The second kappa shape index (κ2) is 14.0. The molecule has 3 heterocycles. The minimum absolute atomic E-state index is 0.724. The summed E-state index contributed by atoms with van der Waals surface area (Å²) < 4.78 is 4.50. The highest BCUT2D eigenvalue weighted by atomic mass is 15.2. The molecule has 58 heavy (non-hydrogen) atoms. The van der Waals surface area contributed by atoms with Crippen molar-refractivity contribution in [3.8, 4) is 72.4 Å². The average molecular weight is 741 g/mol. The number of nitrogens with zero attached hydrogens (tertiary/aromatic N) is 4. The first-order valence-corrected chi connectivity index (χ1v) is 19.7. The zero-order valence-corrected chi connectivity index (χ0v) is 31.6. The van der Waals surface area contributed by atoms with E-state index >= 15 is 0 Å². The van der Waals surface area contributed by atoms with E-state index < -0.39 is 0 Å². The van der Waals surface area contributed by atoms with Crippen molar-refractivity contribution in [3.05, 3.63) is 219 Å². The first kappa shape index (κ1) is 33.5. The van der Waals surface area contributed by atoms with Crippen LogP contribution in [0.4, 0.5) is 0 Å². The van der Waals surface area contributed by atoms with E-state index in [2.05, 4.69) is 220 Å². The van der Waals surface area contributed by atoms with Crippen LogP contribution in [0.2, 0.25) is 0 Å². The van der Waals surface area contributed by atoms with E-state index in [0.29, 0.717) is 0 Å². The molecule has 0 spiro atoms. The predicted octanol–water partition coefficient (Wildman–Crippen LogP) is 13.8. The van der Waals surface area contributed by atoms with Crippen molar-refractivity contribution in [3.63, 3.8) is 0 Å². The lowest BCUT2D eigenvalue weighted by atomic mass is 9.74. The number of hydrogen-bond acceptors (Lipinski definition) is 2. The third kappa shape index (κ3) is 5.46. The van der Waals surface area contributed by atoms with E-state index in [-0.39, 0.29) is 0 Å². The fraction of sp³-hybridized carbons (Fsp3) is 0. The lowest BCUT2D eigenvalue weighted by molar-refractivity contribution is 1.11. The highest BCUT2D eigenvalue weighted by Crippen LogP contribution is 2.56.